The maximum Gasteiger partial charge on any atom is 0.317 e. The zero-order valence-electron chi connectivity index (χ0n) is 14.2. The van der Waals surface area contributed by atoms with Gasteiger partial charge in [-0.2, -0.15) is 0 Å². The van der Waals surface area contributed by atoms with Crippen LogP contribution in [-0.2, 0) is 16.1 Å². The molecule has 2 atom stereocenters. The van der Waals surface area contributed by atoms with Crippen molar-refractivity contribution in [1.29, 1.82) is 0 Å². The summed E-state index contributed by atoms with van der Waals surface area (Å²) in [5, 5.41) is 15.1. The minimum absolute atomic E-state index is 0.0627. The fourth-order valence-corrected chi connectivity index (χ4v) is 3.99. The van der Waals surface area contributed by atoms with Crippen LogP contribution in [0.5, 0.6) is 0 Å². The van der Waals surface area contributed by atoms with Crippen LogP contribution in [0, 0.1) is 11.3 Å². The normalized spacial score (nSPS) is 24.7. The number of aliphatic carboxylic acids is 1. The van der Waals surface area contributed by atoms with Gasteiger partial charge >= 0.3 is 12.0 Å². The highest BCUT2D eigenvalue weighted by Gasteiger charge is 2.55. The first-order chi connectivity index (χ1) is 11.9. The van der Waals surface area contributed by atoms with Crippen LogP contribution in [0.25, 0.3) is 0 Å². The van der Waals surface area contributed by atoms with Gasteiger partial charge < -0.3 is 20.6 Å². The quantitative estimate of drug-likeness (QED) is 0.778. The number of amides is 3. The lowest BCUT2D eigenvalue weighted by Gasteiger charge is -2.23. The van der Waals surface area contributed by atoms with Crippen LogP contribution in [0.1, 0.15) is 31.7 Å². The molecule has 1 heterocycles. The first-order valence-electron chi connectivity index (χ1n) is 8.53. The molecule has 3 N–H and O–H groups in total. The Bertz CT molecular complexity index is 688. The van der Waals surface area contributed by atoms with Crippen molar-refractivity contribution in [2.45, 2.75) is 32.7 Å². The number of carboxylic acid groups (broad SMARTS) is 1. The minimum Gasteiger partial charge on any atom is -0.481 e. The number of carboxylic acids is 1. The van der Waals surface area contributed by atoms with Crippen molar-refractivity contribution in [3.63, 3.8) is 0 Å². The van der Waals surface area contributed by atoms with Crippen LogP contribution in [0.4, 0.5) is 10.5 Å². The summed E-state index contributed by atoms with van der Waals surface area (Å²) in [6.45, 7) is 2.61. The largest absolute Gasteiger partial charge is 0.481 e. The molecule has 0 bridgehead atoms. The lowest BCUT2D eigenvalue weighted by atomic mass is 9.81. The molecule has 25 heavy (non-hydrogen) atoms. The maximum absolute atomic E-state index is 12.4. The highest BCUT2D eigenvalue weighted by molar-refractivity contribution is 5.88. The Morgan fingerprint density at radius 1 is 1.28 bits per heavy atom. The van der Waals surface area contributed by atoms with Gasteiger partial charge in [-0.15, -0.1) is 0 Å². The van der Waals surface area contributed by atoms with Crippen LogP contribution in [0.15, 0.2) is 24.3 Å². The summed E-state index contributed by atoms with van der Waals surface area (Å²) in [5.41, 5.74) is 0.866. The predicted octanol–water partition coefficient (Wildman–Crippen LogP) is 2.04. The van der Waals surface area contributed by atoms with E-state index in [4.69, 9.17) is 0 Å². The van der Waals surface area contributed by atoms with Gasteiger partial charge in [-0.25, -0.2) is 4.79 Å². The van der Waals surface area contributed by atoms with Gasteiger partial charge in [0.1, 0.15) is 0 Å². The van der Waals surface area contributed by atoms with E-state index >= 15 is 0 Å². The lowest BCUT2D eigenvalue weighted by molar-refractivity contribution is -0.149. The molecule has 7 nitrogen and oxygen atoms in total. The van der Waals surface area contributed by atoms with Gasteiger partial charge in [0.15, 0.2) is 0 Å². The van der Waals surface area contributed by atoms with E-state index in [1.165, 1.54) is 6.92 Å². The van der Waals surface area contributed by atoms with Crippen molar-refractivity contribution in [2.24, 2.45) is 11.3 Å². The Morgan fingerprint density at radius 3 is 2.60 bits per heavy atom. The van der Waals surface area contributed by atoms with Crippen molar-refractivity contribution in [1.82, 2.24) is 10.2 Å². The van der Waals surface area contributed by atoms with Crippen molar-refractivity contribution in [3.8, 4) is 0 Å². The molecule has 2 fully saturated rings. The zero-order chi connectivity index (χ0) is 18.0. The number of nitrogens with one attached hydrogen (secondary N) is 2. The molecule has 0 spiro atoms. The summed E-state index contributed by atoms with van der Waals surface area (Å²) >= 11 is 0. The zero-order valence-corrected chi connectivity index (χ0v) is 14.2. The second-order valence-corrected chi connectivity index (χ2v) is 6.97. The third-order valence-corrected chi connectivity index (χ3v) is 5.30. The van der Waals surface area contributed by atoms with Gasteiger partial charge in [0, 0.05) is 32.2 Å². The van der Waals surface area contributed by atoms with Gasteiger partial charge in [0.05, 0.1) is 5.41 Å². The smallest absolute Gasteiger partial charge is 0.317 e. The number of hydrogen-bond acceptors (Lipinski definition) is 3. The average Bonchev–Trinajstić information content (AvgIpc) is 3.11. The van der Waals surface area contributed by atoms with E-state index in [1.807, 2.05) is 12.1 Å². The van der Waals surface area contributed by atoms with Gasteiger partial charge in [-0.3, -0.25) is 9.59 Å². The minimum atomic E-state index is -0.779. The molecule has 1 saturated heterocycles. The van der Waals surface area contributed by atoms with Crippen LogP contribution in [-0.4, -0.2) is 41.0 Å². The SMILES string of the molecule is CC(=O)Nc1ccc(CNC(=O)N2C[C@@H]3CCC[C@@]3(C(=O)O)C2)cc1. The van der Waals surface area contributed by atoms with E-state index in [-0.39, 0.29) is 17.9 Å². The van der Waals surface area contributed by atoms with Crippen LogP contribution in [0.3, 0.4) is 0 Å². The monoisotopic (exact) mass is 345 g/mol. The van der Waals surface area contributed by atoms with Gasteiger partial charge in [0.25, 0.3) is 0 Å². The van der Waals surface area contributed by atoms with Crippen LogP contribution < -0.4 is 10.6 Å². The van der Waals surface area contributed by atoms with E-state index in [9.17, 15) is 19.5 Å². The summed E-state index contributed by atoms with van der Waals surface area (Å²) in [7, 11) is 0. The van der Waals surface area contributed by atoms with E-state index in [2.05, 4.69) is 10.6 Å². The predicted molar refractivity (Wildman–Crippen MR) is 92.0 cm³/mol. The first-order valence-corrected chi connectivity index (χ1v) is 8.53. The molecule has 3 rings (SSSR count). The van der Waals surface area contributed by atoms with E-state index in [1.54, 1.807) is 17.0 Å². The molecule has 1 aliphatic carbocycles. The molecular weight excluding hydrogens is 322 g/mol. The molecular formula is C18H23N3O4. The van der Waals surface area contributed by atoms with E-state index in [0.29, 0.717) is 31.7 Å². The van der Waals surface area contributed by atoms with Crippen molar-refractivity contribution in [2.75, 3.05) is 18.4 Å². The van der Waals surface area contributed by atoms with Crippen LogP contribution in [0.2, 0.25) is 0 Å². The molecule has 1 aliphatic heterocycles. The highest BCUT2D eigenvalue weighted by Crippen LogP contribution is 2.48. The maximum atomic E-state index is 12.4. The number of hydrogen-bond donors (Lipinski definition) is 3. The third-order valence-electron chi connectivity index (χ3n) is 5.30. The summed E-state index contributed by atoms with van der Waals surface area (Å²) in [6, 6.07) is 7.01. The highest BCUT2D eigenvalue weighted by atomic mass is 16.4. The Morgan fingerprint density at radius 2 is 2.00 bits per heavy atom. The van der Waals surface area contributed by atoms with Crippen LogP contribution >= 0.6 is 0 Å². The Hall–Kier alpha value is -2.57. The molecule has 0 aromatic heterocycles. The second-order valence-electron chi connectivity index (χ2n) is 6.97. The molecule has 0 unspecified atom stereocenters. The number of nitrogens with zero attached hydrogens (tertiary/aromatic N) is 1. The van der Waals surface area contributed by atoms with Gasteiger partial charge in [-0.1, -0.05) is 18.6 Å². The number of benzene rings is 1. The number of urea groups is 1. The average molecular weight is 345 g/mol. The van der Waals surface area contributed by atoms with Crippen molar-refractivity contribution >= 4 is 23.6 Å². The number of carbonyl (C=O) groups is 3. The number of rotatable bonds is 4. The standard InChI is InChI=1S/C18H23N3O4/c1-12(22)20-15-6-4-13(5-7-15)9-19-17(25)21-10-14-3-2-8-18(14,11-21)16(23)24/h4-7,14H,2-3,8-11H2,1H3,(H,19,25)(H,20,22)(H,23,24)/t14-,18+/m0/s1. The molecule has 7 heteroatoms. The number of carbonyl (C=O) groups excluding carboxylic acids is 2. The van der Waals surface area contributed by atoms with E-state index in [0.717, 1.165) is 18.4 Å². The summed E-state index contributed by atoms with van der Waals surface area (Å²) in [5.74, 6) is -0.848. The van der Waals surface area contributed by atoms with Crippen molar-refractivity contribution < 1.29 is 19.5 Å². The lowest BCUT2D eigenvalue weighted by Crippen LogP contribution is -2.41. The topological polar surface area (TPSA) is 98.7 Å². The number of anilines is 1. The van der Waals surface area contributed by atoms with Gasteiger partial charge in [0.2, 0.25) is 5.91 Å². The summed E-state index contributed by atoms with van der Waals surface area (Å²) in [4.78, 5) is 36.7. The first kappa shape index (κ1) is 17.3. The molecule has 3 amide bonds. The molecule has 0 radical (unpaired) electrons. The molecule has 2 aliphatic rings. The molecule has 1 saturated carbocycles. The molecule has 134 valence electrons. The third kappa shape index (κ3) is 3.45. The Balaban J connectivity index is 1.55. The fourth-order valence-electron chi connectivity index (χ4n) is 3.99. The number of fused-ring (bicyclic) bond motifs is 1. The van der Waals surface area contributed by atoms with Crippen molar-refractivity contribution in [3.05, 3.63) is 29.8 Å². The summed E-state index contributed by atoms with van der Waals surface area (Å²) in [6.07, 6.45) is 2.45. The number of likely N-dealkylation sites (tertiary alicyclic amines) is 1. The second kappa shape index (κ2) is 6.74. The summed E-state index contributed by atoms with van der Waals surface area (Å²) < 4.78 is 0. The van der Waals surface area contributed by atoms with Gasteiger partial charge in [-0.05, 0) is 36.5 Å². The molecule has 1 aromatic rings. The van der Waals surface area contributed by atoms with E-state index < -0.39 is 11.4 Å². The Kier molecular flexibility index (Phi) is 4.65. The fraction of sp³-hybridized carbons (Fsp3) is 0.500. The molecule has 1 aromatic carbocycles. The Labute approximate surface area is 146 Å².